The summed E-state index contributed by atoms with van der Waals surface area (Å²) in [7, 11) is 2.22. The summed E-state index contributed by atoms with van der Waals surface area (Å²) in [5.74, 6) is 2.34. The first-order valence-corrected chi connectivity index (χ1v) is 9.36. The van der Waals surface area contributed by atoms with Gasteiger partial charge >= 0.3 is 0 Å². The highest BCUT2D eigenvalue weighted by Crippen LogP contribution is 2.50. The van der Waals surface area contributed by atoms with Gasteiger partial charge in [-0.3, -0.25) is 14.8 Å². The summed E-state index contributed by atoms with van der Waals surface area (Å²) in [5, 5.41) is 0. The van der Waals surface area contributed by atoms with Crippen molar-refractivity contribution in [3.8, 4) is 0 Å². The second-order valence-electron chi connectivity index (χ2n) is 8.06. The van der Waals surface area contributed by atoms with E-state index in [-0.39, 0.29) is 5.78 Å². The Labute approximate surface area is 148 Å². The summed E-state index contributed by atoms with van der Waals surface area (Å²) in [6.45, 7) is 0. The van der Waals surface area contributed by atoms with Gasteiger partial charge in [-0.1, -0.05) is 6.08 Å². The standard InChI is InChI=1S/C21H23N3O/c1-24-17-9-13-6-14(10-17)8-16(7-13)19(24)12-23-21-18-11-22-5-4-15(18)2-3-20(21)25/h2-5,11-14,16-17H,6-10H2,1H3/b19-12+,23-21?. The summed E-state index contributed by atoms with van der Waals surface area (Å²) in [4.78, 5) is 23.7. The van der Waals surface area contributed by atoms with Crippen molar-refractivity contribution in [1.82, 2.24) is 9.88 Å². The van der Waals surface area contributed by atoms with Crippen LogP contribution in [-0.2, 0) is 4.79 Å². The highest BCUT2D eigenvalue weighted by Gasteiger charge is 2.43. The molecule has 2 saturated heterocycles. The molecular weight excluding hydrogens is 310 g/mol. The van der Waals surface area contributed by atoms with Crippen LogP contribution in [0.3, 0.4) is 0 Å². The molecule has 6 rings (SSSR count). The van der Waals surface area contributed by atoms with E-state index in [1.165, 1.54) is 37.8 Å². The number of fused-ring (bicyclic) bond motifs is 2. The first-order valence-electron chi connectivity index (χ1n) is 9.36. The van der Waals surface area contributed by atoms with Gasteiger partial charge in [0.25, 0.3) is 0 Å². The molecule has 4 nitrogen and oxygen atoms in total. The lowest BCUT2D eigenvalue weighted by Gasteiger charge is -2.38. The zero-order valence-corrected chi connectivity index (χ0v) is 14.6. The lowest BCUT2D eigenvalue weighted by atomic mass is 9.68. The van der Waals surface area contributed by atoms with Crippen molar-refractivity contribution >= 4 is 17.6 Å². The van der Waals surface area contributed by atoms with Crippen molar-refractivity contribution in [3.05, 3.63) is 47.6 Å². The van der Waals surface area contributed by atoms with Crippen LogP contribution in [0.5, 0.6) is 0 Å². The second-order valence-corrected chi connectivity index (χ2v) is 8.06. The molecule has 2 saturated carbocycles. The summed E-state index contributed by atoms with van der Waals surface area (Å²) in [5.41, 5.74) is 3.71. The number of carbonyl (C=O) groups is 1. The SMILES string of the molecule is CN1/C(=C/N=C2C(=O)C=Cc3ccncc32)C2CC3CC(C2)CC1C3. The van der Waals surface area contributed by atoms with Gasteiger partial charge in [-0.05, 0) is 61.6 Å². The highest BCUT2D eigenvalue weighted by atomic mass is 16.1. The number of carbonyl (C=O) groups excluding carboxylic acids is 1. The largest absolute Gasteiger partial charge is 0.373 e. The predicted molar refractivity (Wildman–Crippen MR) is 98.0 cm³/mol. The maximum Gasteiger partial charge on any atom is 0.204 e. The van der Waals surface area contributed by atoms with Gasteiger partial charge in [0, 0.05) is 48.9 Å². The third-order valence-electron chi connectivity index (χ3n) is 6.57. The molecule has 2 unspecified atom stereocenters. The van der Waals surface area contributed by atoms with Crippen molar-refractivity contribution in [2.75, 3.05) is 7.05 Å². The minimum Gasteiger partial charge on any atom is -0.373 e. The van der Waals surface area contributed by atoms with Gasteiger partial charge < -0.3 is 4.90 Å². The highest BCUT2D eigenvalue weighted by molar-refractivity contribution is 6.52. The molecule has 4 heteroatoms. The molecule has 128 valence electrons. The van der Waals surface area contributed by atoms with Crippen molar-refractivity contribution < 1.29 is 4.79 Å². The Balaban J connectivity index is 1.55. The van der Waals surface area contributed by atoms with Gasteiger partial charge in [-0.2, -0.15) is 0 Å². The van der Waals surface area contributed by atoms with E-state index < -0.39 is 0 Å². The van der Waals surface area contributed by atoms with E-state index in [4.69, 9.17) is 4.99 Å². The Bertz CT molecular complexity index is 808. The first kappa shape index (κ1) is 15.1. The second kappa shape index (κ2) is 5.65. The fourth-order valence-corrected chi connectivity index (χ4v) is 5.46. The molecule has 0 amide bonds. The van der Waals surface area contributed by atoms with E-state index in [1.54, 1.807) is 18.5 Å². The van der Waals surface area contributed by atoms with Crippen LogP contribution in [0.1, 0.15) is 43.2 Å². The molecule has 25 heavy (non-hydrogen) atoms. The molecule has 3 aliphatic carbocycles. The minimum atomic E-state index is -0.0283. The minimum absolute atomic E-state index is 0.0283. The van der Waals surface area contributed by atoms with Crippen LogP contribution >= 0.6 is 0 Å². The molecule has 4 fully saturated rings. The van der Waals surface area contributed by atoms with E-state index in [0.29, 0.717) is 17.7 Å². The molecule has 4 bridgehead atoms. The van der Waals surface area contributed by atoms with Crippen LogP contribution in [0.4, 0.5) is 0 Å². The monoisotopic (exact) mass is 333 g/mol. The van der Waals surface area contributed by atoms with Gasteiger partial charge in [0.15, 0.2) is 0 Å². The molecule has 5 aliphatic rings. The van der Waals surface area contributed by atoms with E-state index in [9.17, 15) is 4.79 Å². The molecule has 3 heterocycles. The van der Waals surface area contributed by atoms with Gasteiger partial charge in [0.1, 0.15) is 5.71 Å². The number of aromatic nitrogens is 1. The average Bonchev–Trinajstić information content (AvgIpc) is 2.75. The Morgan fingerprint density at radius 2 is 1.96 bits per heavy atom. The third-order valence-corrected chi connectivity index (χ3v) is 6.57. The average molecular weight is 333 g/mol. The number of hydrogen-bond acceptors (Lipinski definition) is 4. The Morgan fingerprint density at radius 3 is 2.76 bits per heavy atom. The number of ketones is 1. The molecule has 2 atom stereocenters. The van der Waals surface area contributed by atoms with E-state index >= 15 is 0 Å². The Kier molecular flexibility index (Phi) is 3.40. The van der Waals surface area contributed by atoms with E-state index in [2.05, 4.69) is 16.9 Å². The van der Waals surface area contributed by atoms with Crippen LogP contribution < -0.4 is 0 Å². The number of aliphatic imine (C=N–C) groups is 1. The van der Waals surface area contributed by atoms with Gasteiger partial charge in [-0.25, -0.2) is 0 Å². The van der Waals surface area contributed by atoms with E-state index in [1.807, 2.05) is 18.3 Å². The third kappa shape index (κ3) is 2.46. The van der Waals surface area contributed by atoms with Crippen LogP contribution in [0.15, 0.2) is 41.4 Å². The zero-order valence-electron chi connectivity index (χ0n) is 14.6. The van der Waals surface area contributed by atoms with Crippen LogP contribution in [-0.4, -0.2) is 34.5 Å². The van der Waals surface area contributed by atoms with Crippen LogP contribution in [0, 0.1) is 17.8 Å². The molecule has 1 aromatic rings. The topological polar surface area (TPSA) is 45.6 Å². The maximum absolute atomic E-state index is 12.4. The predicted octanol–water partition coefficient (Wildman–Crippen LogP) is 3.45. The lowest BCUT2D eigenvalue weighted by Crippen LogP contribution is -2.34. The van der Waals surface area contributed by atoms with Gasteiger partial charge in [-0.15, -0.1) is 0 Å². The summed E-state index contributed by atoms with van der Waals surface area (Å²) in [6.07, 6.45) is 15.6. The fraction of sp³-hybridized carbons (Fsp3) is 0.476. The lowest BCUT2D eigenvalue weighted by molar-refractivity contribution is -0.108. The number of rotatable bonds is 1. The van der Waals surface area contributed by atoms with Crippen molar-refractivity contribution in [3.63, 3.8) is 0 Å². The normalized spacial score (nSPS) is 36.2. The molecule has 0 N–H and O–H groups in total. The maximum atomic E-state index is 12.4. The fourth-order valence-electron chi connectivity index (χ4n) is 5.46. The molecule has 0 radical (unpaired) electrons. The number of hydrogen-bond donors (Lipinski definition) is 0. The van der Waals surface area contributed by atoms with Crippen molar-refractivity contribution in [2.24, 2.45) is 22.7 Å². The van der Waals surface area contributed by atoms with Crippen molar-refractivity contribution in [1.29, 1.82) is 0 Å². The molecular formula is C21H23N3O. The number of pyridine rings is 1. The Hall–Kier alpha value is -2.23. The quantitative estimate of drug-likeness (QED) is 0.791. The summed E-state index contributed by atoms with van der Waals surface area (Å²) in [6, 6.07) is 2.58. The summed E-state index contributed by atoms with van der Waals surface area (Å²) < 4.78 is 0. The molecule has 0 spiro atoms. The molecule has 2 aliphatic heterocycles. The summed E-state index contributed by atoms with van der Waals surface area (Å²) >= 11 is 0. The smallest absolute Gasteiger partial charge is 0.204 e. The van der Waals surface area contributed by atoms with Crippen LogP contribution in [0.2, 0.25) is 0 Å². The first-order chi connectivity index (χ1) is 12.2. The Morgan fingerprint density at radius 1 is 1.16 bits per heavy atom. The molecule has 0 aromatic carbocycles. The molecule has 1 aromatic heterocycles. The number of nitrogens with zero attached hydrogens (tertiary/aromatic N) is 3. The van der Waals surface area contributed by atoms with Gasteiger partial charge in [0.2, 0.25) is 5.78 Å². The zero-order chi connectivity index (χ0) is 17.0. The van der Waals surface area contributed by atoms with Crippen molar-refractivity contribution in [2.45, 2.75) is 38.1 Å². The van der Waals surface area contributed by atoms with Gasteiger partial charge in [0.05, 0.1) is 0 Å². The van der Waals surface area contributed by atoms with Crippen LogP contribution in [0.25, 0.3) is 6.08 Å². The van der Waals surface area contributed by atoms with E-state index in [0.717, 1.165) is 23.0 Å². The number of allylic oxidation sites excluding steroid dienone is 2.